The maximum absolute atomic E-state index is 13.8. The van der Waals surface area contributed by atoms with Crippen molar-refractivity contribution in [3.8, 4) is 0 Å². The third-order valence-electron chi connectivity index (χ3n) is 7.93. The highest BCUT2D eigenvalue weighted by atomic mass is 16.6. The molecular weight excluding hydrogens is 410 g/mol. The van der Waals surface area contributed by atoms with Crippen LogP contribution in [-0.4, -0.2) is 91.1 Å². The summed E-state index contributed by atoms with van der Waals surface area (Å²) in [6.45, 7) is 10.4. The molecular formula is C24H41N3O5. The third-order valence-corrected chi connectivity index (χ3v) is 7.93. The molecule has 1 N–H and O–H groups in total. The Bertz CT molecular complexity index is 710. The Balaban J connectivity index is 1.35. The molecule has 4 fully saturated rings. The fourth-order valence-corrected chi connectivity index (χ4v) is 6.14. The second-order valence-electron chi connectivity index (χ2n) is 11.1. The minimum Gasteiger partial charge on any atom is -0.444 e. The maximum Gasteiger partial charge on any atom is 0.410 e. The largest absolute Gasteiger partial charge is 0.444 e. The minimum atomic E-state index is -0.501. The van der Waals surface area contributed by atoms with E-state index >= 15 is 0 Å². The zero-order valence-electron chi connectivity index (χ0n) is 20.4. The Morgan fingerprint density at radius 3 is 2.50 bits per heavy atom. The second kappa shape index (κ2) is 9.11. The number of carbonyl (C=O) groups is 2. The molecule has 0 radical (unpaired) electrons. The van der Waals surface area contributed by atoms with Crippen molar-refractivity contribution in [3.05, 3.63) is 0 Å². The van der Waals surface area contributed by atoms with Gasteiger partial charge in [-0.2, -0.15) is 0 Å². The molecule has 8 heteroatoms. The molecule has 4 aliphatic rings. The fraction of sp³-hybridized carbons (Fsp3) is 0.917. The number of likely N-dealkylation sites (tertiary alicyclic amines) is 2. The van der Waals surface area contributed by atoms with E-state index in [1.807, 2.05) is 25.7 Å². The van der Waals surface area contributed by atoms with Crippen LogP contribution >= 0.6 is 0 Å². The van der Waals surface area contributed by atoms with Gasteiger partial charge in [0.25, 0.3) is 0 Å². The third kappa shape index (κ3) is 4.64. The SMILES string of the molecule is CC[C@]1(C(=O)N2C[C@@H]3C[C@H]2CN3C(=O)OC(C)(C)C)CC[C@@H](NC2CCOC[C@H]2OC)C1. The van der Waals surface area contributed by atoms with Crippen molar-refractivity contribution in [2.75, 3.05) is 33.4 Å². The first-order valence-electron chi connectivity index (χ1n) is 12.3. The molecule has 3 heterocycles. The van der Waals surface area contributed by atoms with Gasteiger partial charge in [0.05, 0.1) is 30.2 Å². The van der Waals surface area contributed by atoms with E-state index in [2.05, 4.69) is 17.1 Å². The van der Waals surface area contributed by atoms with Gasteiger partial charge in [-0.25, -0.2) is 4.79 Å². The second-order valence-corrected chi connectivity index (χ2v) is 11.1. The van der Waals surface area contributed by atoms with Crippen LogP contribution < -0.4 is 5.32 Å². The number of nitrogens with one attached hydrogen (secondary N) is 1. The number of nitrogens with zero attached hydrogens (tertiary/aromatic N) is 2. The molecule has 3 aliphatic heterocycles. The molecule has 1 unspecified atom stereocenters. The van der Waals surface area contributed by atoms with E-state index in [1.54, 1.807) is 7.11 Å². The standard InChI is InChI=1S/C24H41N3O5/c1-6-24(9-7-16(12-24)25-19-8-10-31-15-20(19)30-5)21(28)26-13-18-11-17(26)14-27(18)22(29)32-23(2,3)4/h16-20,25H,6-15H2,1-5H3/t16-,17+,18+,19?,20-,24+/m1/s1. The van der Waals surface area contributed by atoms with Crippen LogP contribution in [0.5, 0.6) is 0 Å². The molecule has 1 saturated carbocycles. The van der Waals surface area contributed by atoms with Crippen molar-refractivity contribution in [1.82, 2.24) is 15.1 Å². The first-order chi connectivity index (χ1) is 15.2. The number of hydrogen-bond acceptors (Lipinski definition) is 6. The van der Waals surface area contributed by atoms with Gasteiger partial charge in [0.2, 0.25) is 5.91 Å². The monoisotopic (exact) mass is 451 g/mol. The summed E-state index contributed by atoms with van der Waals surface area (Å²) < 4.78 is 16.7. The number of fused-ring (bicyclic) bond motifs is 2. The van der Waals surface area contributed by atoms with Crippen molar-refractivity contribution in [2.45, 2.75) is 102 Å². The number of ether oxygens (including phenoxy) is 3. The summed E-state index contributed by atoms with van der Waals surface area (Å²) in [6, 6.07) is 0.806. The van der Waals surface area contributed by atoms with E-state index in [-0.39, 0.29) is 41.6 Å². The molecule has 6 atom stereocenters. The van der Waals surface area contributed by atoms with Crippen LogP contribution in [-0.2, 0) is 19.0 Å². The highest BCUT2D eigenvalue weighted by Crippen LogP contribution is 2.45. The van der Waals surface area contributed by atoms with Gasteiger partial charge in [0.15, 0.2) is 0 Å². The number of carbonyl (C=O) groups excluding carboxylic acids is 2. The van der Waals surface area contributed by atoms with Crippen molar-refractivity contribution in [3.63, 3.8) is 0 Å². The highest BCUT2D eigenvalue weighted by Gasteiger charge is 2.53. The average Bonchev–Trinajstić information content (AvgIpc) is 3.47. The molecule has 0 aromatic carbocycles. The predicted octanol–water partition coefficient (Wildman–Crippen LogP) is 2.55. The van der Waals surface area contributed by atoms with Gasteiger partial charge in [0, 0.05) is 38.9 Å². The van der Waals surface area contributed by atoms with E-state index in [0.29, 0.717) is 25.7 Å². The zero-order valence-corrected chi connectivity index (χ0v) is 20.4. The molecule has 1 aliphatic carbocycles. The molecule has 8 nitrogen and oxygen atoms in total. The molecule has 182 valence electrons. The number of piperazine rings is 1. The van der Waals surface area contributed by atoms with Crippen molar-refractivity contribution in [1.29, 1.82) is 0 Å². The van der Waals surface area contributed by atoms with Gasteiger partial charge in [-0.1, -0.05) is 6.92 Å². The van der Waals surface area contributed by atoms with Crippen molar-refractivity contribution >= 4 is 12.0 Å². The van der Waals surface area contributed by atoms with E-state index in [4.69, 9.17) is 14.2 Å². The fourth-order valence-electron chi connectivity index (χ4n) is 6.14. The molecule has 0 aromatic rings. The van der Waals surface area contributed by atoms with Crippen LogP contribution in [0.25, 0.3) is 0 Å². The lowest BCUT2D eigenvalue weighted by molar-refractivity contribution is -0.144. The summed E-state index contributed by atoms with van der Waals surface area (Å²) in [6.07, 6.45) is 5.29. The first kappa shape index (κ1) is 23.8. The van der Waals surface area contributed by atoms with Gasteiger partial charge < -0.3 is 29.3 Å². The lowest BCUT2D eigenvalue weighted by atomic mass is 9.81. The predicted molar refractivity (Wildman–Crippen MR) is 120 cm³/mol. The van der Waals surface area contributed by atoms with Crippen LogP contribution in [0.3, 0.4) is 0 Å². The van der Waals surface area contributed by atoms with E-state index in [0.717, 1.165) is 45.1 Å². The van der Waals surface area contributed by atoms with Crippen molar-refractivity contribution in [2.24, 2.45) is 5.41 Å². The summed E-state index contributed by atoms with van der Waals surface area (Å²) in [4.78, 5) is 30.2. The molecule has 2 amide bonds. The van der Waals surface area contributed by atoms with Gasteiger partial charge in [-0.15, -0.1) is 0 Å². The van der Waals surface area contributed by atoms with Crippen LogP contribution in [0, 0.1) is 5.41 Å². The van der Waals surface area contributed by atoms with Crippen LogP contribution in [0.2, 0.25) is 0 Å². The average molecular weight is 452 g/mol. The minimum absolute atomic E-state index is 0.0734. The summed E-state index contributed by atoms with van der Waals surface area (Å²) in [5.74, 6) is 0.288. The summed E-state index contributed by atoms with van der Waals surface area (Å²) >= 11 is 0. The van der Waals surface area contributed by atoms with Gasteiger partial charge in [-0.05, 0) is 59.3 Å². The van der Waals surface area contributed by atoms with Gasteiger partial charge in [0.1, 0.15) is 5.60 Å². The summed E-state index contributed by atoms with van der Waals surface area (Å²) in [5, 5.41) is 3.79. The van der Waals surface area contributed by atoms with Gasteiger partial charge >= 0.3 is 6.09 Å². The Morgan fingerprint density at radius 2 is 1.88 bits per heavy atom. The van der Waals surface area contributed by atoms with Gasteiger partial charge in [-0.3, -0.25) is 4.79 Å². The van der Waals surface area contributed by atoms with E-state index < -0.39 is 5.60 Å². The molecule has 2 bridgehead atoms. The Labute approximate surface area is 192 Å². The number of amides is 2. The molecule has 0 spiro atoms. The van der Waals surface area contributed by atoms with Crippen molar-refractivity contribution < 1.29 is 23.8 Å². The van der Waals surface area contributed by atoms with Crippen LogP contribution in [0.1, 0.15) is 66.2 Å². The Hall–Kier alpha value is -1.38. The maximum atomic E-state index is 13.8. The molecule has 3 saturated heterocycles. The molecule has 32 heavy (non-hydrogen) atoms. The molecule has 4 rings (SSSR count). The Kier molecular flexibility index (Phi) is 6.76. The van der Waals surface area contributed by atoms with Crippen LogP contribution in [0.15, 0.2) is 0 Å². The molecule has 0 aromatic heterocycles. The number of methoxy groups -OCH3 is 1. The normalized spacial score (nSPS) is 37.2. The van der Waals surface area contributed by atoms with Crippen LogP contribution in [0.4, 0.5) is 4.79 Å². The lowest BCUT2D eigenvalue weighted by Crippen LogP contribution is -2.55. The number of rotatable bonds is 5. The van der Waals surface area contributed by atoms with E-state index in [9.17, 15) is 9.59 Å². The topological polar surface area (TPSA) is 80.3 Å². The smallest absolute Gasteiger partial charge is 0.410 e. The Morgan fingerprint density at radius 1 is 1.16 bits per heavy atom. The first-order valence-corrected chi connectivity index (χ1v) is 12.3. The number of hydrogen-bond donors (Lipinski definition) is 1. The summed E-state index contributed by atoms with van der Waals surface area (Å²) in [7, 11) is 1.74. The summed E-state index contributed by atoms with van der Waals surface area (Å²) in [5.41, 5.74) is -0.800. The highest BCUT2D eigenvalue weighted by molar-refractivity contribution is 5.84. The van der Waals surface area contributed by atoms with E-state index in [1.165, 1.54) is 0 Å². The quantitative estimate of drug-likeness (QED) is 0.692. The zero-order chi connectivity index (χ0) is 23.1. The lowest BCUT2D eigenvalue weighted by Gasteiger charge is -2.40.